The number of carbonyl (C=O) groups excluding carboxylic acids is 1. The highest BCUT2D eigenvalue weighted by Gasteiger charge is 2.32. The zero-order valence-corrected chi connectivity index (χ0v) is 19.6. The maximum atomic E-state index is 12.4. The van der Waals surface area contributed by atoms with E-state index in [2.05, 4.69) is 16.9 Å². The molecule has 2 aromatic rings. The van der Waals surface area contributed by atoms with Crippen molar-refractivity contribution >= 4 is 27.6 Å². The van der Waals surface area contributed by atoms with E-state index in [1.807, 2.05) is 27.8 Å². The number of hydrogen-bond donors (Lipinski definition) is 0. The van der Waals surface area contributed by atoms with Crippen molar-refractivity contribution in [1.29, 1.82) is 0 Å². The number of thiophene rings is 1. The first-order chi connectivity index (χ1) is 14.3. The Balaban J connectivity index is 1.43. The highest BCUT2D eigenvalue weighted by atomic mass is 32.1. The van der Waals surface area contributed by atoms with Crippen molar-refractivity contribution in [3.05, 3.63) is 16.8 Å². The summed E-state index contributed by atoms with van der Waals surface area (Å²) in [6.07, 6.45) is 8.68. The van der Waals surface area contributed by atoms with Gasteiger partial charge in [-0.15, -0.1) is 11.3 Å². The second-order valence-electron chi connectivity index (χ2n) is 9.58. The summed E-state index contributed by atoms with van der Waals surface area (Å²) < 4.78 is 12.0. The molecule has 2 aromatic heterocycles. The molecule has 0 saturated heterocycles. The van der Waals surface area contributed by atoms with Gasteiger partial charge in [-0.3, -0.25) is 0 Å². The van der Waals surface area contributed by atoms with Crippen LogP contribution in [0.5, 0.6) is 5.88 Å². The van der Waals surface area contributed by atoms with Crippen LogP contribution in [0.2, 0.25) is 0 Å². The molecule has 2 aliphatic rings. The van der Waals surface area contributed by atoms with Crippen LogP contribution in [0.15, 0.2) is 6.33 Å². The first-order valence-corrected chi connectivity index (χ1v) is 12.0. The van der Waals surface area contributed by atoms with Gasteiger partial charge in [0.2, 0.25) is 5.88 Å². The minimum atomic E-state index is -0.471. The predicted molar refractivity (Wildman–Crippen MR) is 119 cm³/mol. The molecule has 7 heteroatoms. The molecule has 1 saturated carbocycles. The molecule has 2 heterocycles. The van der Waals surface area contributed by atoms with Crippen LogP contribution >= 0.6 is 11.3 Å². The number of amides is 1. The van der Waals surface area contributed by atoms with Crippen LogP contribution in [-0.2, 0) is 11.2 Å². The number of hydrogen-bond acceptors (Lipinski definition) is 6. The Kier molecular flexibility index (Phi) is 5.93. The van der Waals surface area contributed by atoms with E-state index in [1.165, 1.54) is 16.9 Å². The van der Waals surface area contributed by atoms with Crippen LogP contribution in [0.25, 0.3) is 10.2 Å². The van der Waals surface area contributed by atoms with E-state index in [1.54, 1.807) is 22.6 Å². The van der Waals surface area contributed by atoms with Gasteiger partial charge < -0.3 is 14.4 Å². The normalized spacial score (nSPS) is 24.0. The lowest BCUT2D eigenvalue weighted by Gasteiger charge is -2.35. The smallest absolute Gasteiger partial charge is 0.410 e. The van der Waals surface area contributed by atoms with E-state index in [0.717, 1.165) is 54.6 Å². The molecule has 0 spiro atoms. The molecule has 30 heavy (non-hydrogen) atoms. The maximum Gasteiger partial charge on any atom is 0.410 e. The standard InChI is InChI=1S/C23H33N3O3S/c1-6-14-7-12-17-18(14)19-20(24-13-25-21(19)30-17)28-16-10-8-15(9-11-16)26(5)22(27)29-23(2,3)4/h13-16H,6-12H2,1-5H3/t14-,15-,16-/m1/s1. The predicted octanol–water partition coefficient (Wildman–Crippen LogP) is 5.69. The molecule has 6 nitrogen and oxygen atoms in total. The summed E-state index contributed by atoms with van der Waals surface area (Å²) in [5.41, 5.74) is 0.965. The van der Waals surface area contributed by atoms with Crippen LogP contribution in [0.3, 0.4) is 0 Å². The highest BCUT2D eigenvalue weighted by Crippen LogP contribution is 2.47. The highest BCUT2D eigenvalue weighted by molar-refractivity contribution is 7.19. The van der Waals surface area contributed by atoms with Crippen molar-refractivity contribution in [1.82, 2.24) is 14.9 Å². The molecule has 0 bridgehead atoms. The summed E-state index contributed by atoms with van der Waals surface area (Å²) in [6.45, 7) is 7.96. The Morgan fingerprint density at radius 1 is 1.20 bits per heavy atom. The van der Waals surface area contributed by atoms with Gasteiger partial charge in [-0.1, -0.05) is 6.92 Å². The van der Waals surface area contributed by atoms with Gasteiger partial charge in [-0.25, -0.2) is 14.8 Å². The van der Waals surface area contributed by atoms with Gasteiger partial charge in [0.05, 0.1) is 5.39 Å². The summed E-state index contributed by atoms with van der Waals surface area (Å²) in [4.78, 5) is 25.7. The molecule has 4 rings (SSSR count). The zero-order valence-electron chi connectivity index (χ0n) is 18.7. The number of carbonyl (C=O) groups is 1. The summed E-state index contributed by atoms with van der Waals surface area (Å²) >= 11 is 1.80. The Hall–Kier alpha value is -1.89. The van der Waals surface area contributed by atoms with Crippen molar-refractivity contribution in [3.8, 4) is 5.88 Å². The third-order valence-corrected chi connectivity index (χ3v) is 7.51. The Bertz CT molecular complexity index is 912. The molecule has 0 radical (unpaired) electrons. The minimum absolute atomic E-state index is 0.128. The zero-order chi connectivity index (χ0) is 21.5. The molecule has 0 aliphatic heterocycles. The van der Waals surface area contributed by atoms with Gasteiger partial charge in [0, 0.05) is 18.0 Å². The molecule has 0 unspecified atom stereocenters. The lowest BCUT2D eigenvalue weighted by atomic mass is 9.92. The second kappa shape index (κ2) is 8.33. The number of fused-ring (bicyclic) bond motifs is 3. The third kappa shape index (κ3) is 4.27. The van der Waals surface area contributed by atoms with Crippen LogP contribution in [0.4, 0.5) is 4.79 Å². The van der Waals surface area contributed by atoms with Crippen molar-refractivity contribution < 1.29 is 14.3 Å². The first-order valence-electron chi connectivity index (χ1n) is 11.2. The van der Waals surface area contributed by atoms with E-state index in [9.17, 15) is 4.79 Å². The van der Waals surface area contributed by atoms with Gasteiger partial charge >= 0.3 is 6.09 Å². The van der Waals surface area contributed by atoms with Crippen molar-refractivity contribution in [2.45, 2.75) is 96.3 Å². The maximum absolute atomic E-state index is 12.4. The Morgan fingerprint density at radius 3 is 2.60 bits per heavy atom. The average Bonchev–Trinajstić information content (AvgIpc) is 3.26. The van der Waals surface area contributed by atoms with E-state index in [4.69, 9.17) is 9.47 Å². The van der Waals surface area contributed by atoms with Gasteiger partial charge in [-0.05, 0) is 77.2 Å². The molecule has 1 amide bonds. The summed E-state index contributed by atoms with van der Waals surface area (Å²) in [5.74, 6) is 1.35. The number of rotatable bonds is 4. The van der Waals surface area contributed by atoms with Crippen LogP contribution in [0, 0.1) is 0 Å². The fourth-order valence-electron chi connectivity index (χ4n) is 4.73. The molecular formula is C23H33N3O3S. The Morgan fingerprint density at radius 2 is 1.93 bits per heavy atom. The van der Waals surface area contributed by atoms with Crippen LogP contribution in [0.1, 0.15) is 82.6 Å². The topological polar surface area (TPSA) is 64.6 Å². The third-order valence-electron chi connectivity index (χ3n) is 6.34. The van der Waals surface area contributed by atoms with Gasteiger partial charge in [0.15, 0.2) is 0 Å². The lowest BCUT2D eigenvalue weighted by molar-refractivity contribution is 0.0138. The van der Waals surface area contributed by atoms with Crippen molar-refractivity contribution in [2.24, 2.45) is 0 Å². The summed E-state index contributed by atoms with van der Waals surface area (Å²) in [5, 5.41) is 1.15. The van der Waals surface area contributed by atoms with Gasteiger partial charge in [0.25, 0.3) is 0 Å². The number of nitrogens with zero attached hydrogens (tertiary/aromatic N) is 3. The monoisotopic (exact) mass is 431 g/mol. The first kappa shape index (κ1) is 21.3. The van der Waals surface area contributed by atoms with E-state index < -0.39 is 5.60 Å². The lowest BCUT2D eigenvalue weighted by Crippen LogP contribution is -2.43. The Labute approximate surface area is 183 Å². The minimum Gasteiger partial charge on any atom is -0.474 e. The quantitative estimate of drug-likeness (QED) is 0.622. The van der Waals surface area contributed by atoms with Crippen LogP contribution in [-0.4, -0.2) is 45.8 Å². The fourth-order valence-corrected chi connectivity index (χ4v) is 5.96. The van der Waals surface area contributed by atoms with E-state index in [-0.39, 0.29) is 18.2 Å². The average molecular weight is 432 g/mol. The molecular weight excluding hydrogens is 398 g/mol. The molecule has 2 aliphatic carbocycles. The molecule has 1 atom stereocenters. The number of aromatic nitrogens is 2. The van der Waals surface area contributed by atoms with Crippen LogP contribution < -0.4 is 4.74 Å². The molecule has 1 fully saturated rings. The molecule has 0 N–H and O–H groups in total. The number of aryl methyl sites for hydroxylation is 1. The van der Waals surface area contributed by atoms with E-state index in [0.29, 0.717) is 5.92 Å². The molecule has 0 aromatic carbocycles. The summed E-state index contributed by atoms with van der Waals surface area (Å²) in [7, 11) is 1.84. The van der Waals surface area contributed by atoms with E-state index >= 15 is 0 Å². The molecule has 164 valence electrons. The second-order valence-corrected chi connectivity index (χ2v) is 10.7. The van der Waals surface area contributed by atoms with Crippen molar-refractivity contribution in [3.63, 3.8) is 0 Å². The van der Waals surface area contributed by atoms with Gasteiger partial charge in [0.1, 0.15) is 22.9 Å². The van der Waals surface area contributed by atoms with Crippen molar-refractivity contribution in [2.75, 3.05) is 7.05 Å². The summed E-state index contributed by atoms with van der Waals surface area (Å²) in [6, 6.07) is 0.194. The number of ether oxygens (including phenoxy) is 2. The largest absolute Gasteiger partial charge is 0.474 e. The SMILES string of the molecule is CC[C@@H]1CCc2sc3ncnc(O[C@H]4CC[C@H](N(C)C(=O)OC(C)(C)C)CC4)c3c21. The fraction of sp³-hybridized carbons (Fsp3) is 0.696. The van der Waals surface area contributed by atoms with Gasteiger partial charge in [-0.2, -0.15) is 0 Å².